The Morgan fingerprint density at radius 1 is 1.19 bits per heavy atom. The van der Waals surface area contributed by atoms with Crippen LogP contribution in [0.4, 0.5) is 0 Å². The number of hydrogen-bond donors (Lipinski definition) is 0. The maximum absolute atomic E-state index is 12.6. The molecule has 1 aliphatic carbocycles. The molecule has 4 nitrogen and oxygen atoms in total. The molecule has 0 radical (unpaired) electrons. The monoisotopic (exact) mass is 383 g/mol. The highest BCUT2D eigenvalue weighted by molar-refractivity contribution is 7.99. The summed E-state index contributed by atoms with van der Waals surface area (Å²) in [6.07, 6.45) is 7.44. The van der Waals surface area contributed by atoms with Crippen molar-refractivity contribution in [1.82, 2.24) is 14.8 Å². The molecule has 0 spiro atoms. The van der Waals surface area contributed by atoms with Crippen molar-refractivity contribution in [2.75, 3.05) is 5.75 Å². The first kappa shape index (κ1) is 17.5. The largest absolute Gasteiger partial charge is 0.308 e. The van der Waals surface area contributed by atoms with Crippen molar-refractivity contribution in [3.63, 3.8) is 0 Å². The Bertz CT molecular complexity index is 886. The second kappa shape index (κ2) is 8.18. The number of fused-ring (bicyclic) bond motifs is 1. The molecule has 4 rings (SSSR count). The summed E-state index contributed by atoms with van der Waals surface area (Å²) in [6, 6.07) is 10.4. The summed E-state index contributed by atoms with van der Waals surface area (Å²) < 4.78 is 2.03. The van der Waals surface area contributed by atoms with Crippen LogP contribution >= 0.6 is 23.1 Å². The van der Waals surface area contributed by atoms with E-state index in [4.69, 9.17) is 0 Å². The zero-order valence-electron chi connectivity index (χ0n) is 14.6. The molecule has 3 aromatic rings. The lowest BCUT2D eigenvalue weighted by molar-refractivity contribution is 0.102. The van der Waals surface area contributed by atoms with Crippen molar-refractivity contribution in [1.29, 1.82) is 0 Å². The van der Waals surface area contributed by atoms with Gasteiger partial charge in [0.15, 0.2) is 10.9 Å². The highest BCUT2D eigenvalue weighted by Gasteiger charge is 2.14. The van der Waals surface area contributed by atoms with Gasteiger partial charge in [-0.15, -0.1) is 21.5 Å². The number of aryl methyl sites for hydroxylation is 4. The second-order valence-electron chi connectivity index (χ2n) is 6.54. The minimum Gasteiger partial charge on any atom is -0.308 e. The first-order valence-corrected chi connectivity index (χ1v) is 10.8. The van der Waals surface area contributed by atoms with Crippen LogP contribution < -0.4 is 0 Å². The molecule has 1 aromatic carbocycles. The van der Waals surface area contributed by atoms with E-state index < -0.39 is 0 Å². The molecule has 0 fully saturated rings. The zero-order valence-corrected chi connectivity index (χ0v) is 16.2. The minimum absolute atomic E-state index is 0.163. The van der Waals surface area contributed by atoms with Crippen molar-refractivity contribution < 1.29 is 4.79 Å². The van der Waals surface area contributed by atoms with Crippen molar-refractivity contribution >= 4 is 28.9 Å². The quantitative estimate of drug-likeness (QED) is 0.447. The molecule has 0 saturated carbocycles. The van der Waals surface area contributed by atoms with Gasteiger partial charge in [0.2, 0.25) is 0 Å². The maximum Gasteiger partial charge on any atom is 0.191 e. The normalized spacial score (nSPS) is 13.5. The fourth-order valence-electron chi connectivity index (χ4n) is 3.32. The number of carbonyl (C=O) groups is 1. The molecule has 1 aliphatic rings. The number of thiophene rings is 1. The number of nitrogens with zero attached hydrogens (tertiary/aromatic N) is 3. The van der Waals surface area contributed by atoms with Crippen LogP contribution in [-0.2, 0) is 25.8 Å². The van der Waals surface area contributed by atoms with Crippen molar-refractivity contribution in [3.05, 3.63) is 63.6 Å². The lowest BCUT2D eigenvalue weighted by Crippen LogP contribution is -2.08. The molecule has 0 bridgehead atoms. The first-order chi connectivity index (χ1) is 12.8. The Morgan fingerprint density at radius 2 is 2.08 bits per heavy atom. The fourth-order valence-corrected chi connectivity index (χ4v) is 4.85. The summed E-state index contributed by atoms with van der Waals surface area (Å²) in [4.78, 5) is 14.0. The van der Waals surface area contributed by atoms with E-state index in [1.807, 2.05) is 10.6 Å². The summed E-state index contributed by atoms with van der Waals surface area (Å²) in [5.74, 6) is 0.562. The van der Waals surface area contributed by atoms with E-state index in [1.165, 1.54) is 40.6 Å². The molecule has 26 heavy (non-hydrogen) atoms. The van der Waals surface area contributed by atoms with Crippen molar-refractivity contribution in [2.45, 2.75) is 43.8 Å². The molecule has 6 heteroatoms. The molecular formula is C20H21N3OS2. The Labute approximate surface area is 161 Å². The van der Waals surface area contributed by atoms with Gasteiger partial charge < -0.3 is 4.57 Å². The highest BCUT2D eigenvalue weighted by atomic mass is 32.2. The average molecular weight is 384 g/mol. The van der Waals surface area contributed by atoms with Gasteiger partial charge in [-0.1, -0.05) is 30.0 Å². The van der Waals surface area contributed by atoms with Gasteiger partial charge in [0.05, 0.1) is 5.75 Å². The molecule has 0 saturated heterocycles. The zero-order chi connectivity index (χ0) is 17.8. The minimum atomic E-state index is 0.163. The van der Waals surface area contributed by atoms with Crippen LogP contribution in [0.25, 0.3) is 0 Å². The fraction of sp³-hybridized carbons (Fsp3) is 0.350. The van der Waals surface area contributed by atoms with Crippen LogP contribution in [0.2, 0.25) is 0 Å². The van der Waals surface area contributed by atoms with E-state index in [2.05, 4.69) is 39.8 Å². The number of benzene rings is 1. The van der Waals surface area contributed by atoms with Gasteiger partial charge in [0, 0.05) is 17.0 Å². The topological polar surface area (TPSA) is 47.8 Å². The third-order valence-corrected chi connectivity index (χ3v) is 6.68. The molecule has 0 N–H and O–H groups in total. The Hall–Kier alpha value is -1.92. The first-order valence-electron chi connectivity index (χ1n) is 8.97. The van der Waals surface area contributed by atoms with Gasteiger partial charge in [-0.3, -0.25) is 4.79 Å². The number of aromatic nitrogens is 3. The van der Waals surface area contributed by atoms with Gasteiger partial charge >= 0.3 is 0 Å². The van der Waals surface area contributed by atoms with Crippen molar-refractivity contribution in [2.24, 2.45) is 0 Å². The number of ketones is 1. The number of thioether (sulfide) groups is 1. The third-order valence-electron chi connectivity index (χ3n) is 4.76. The van der Waals surface area contributed by atoms with Crippen LogP contribution in [-0.4, -0.2) is 26.3 Å². The Morgan fingerprint density at radius 3 is 2.92 bits per heavy atom. The number of rotatable bonds is 7. The molecular weight excluding hydrogens is 362 g/mol. The SMILES string of the molecule is O=C(CSc1nncn1CCc1cccs1)c1ccc2c(c1)CCCC2. The molecule has 0 atom stereocenters. The molecule has 0 unspecified atom stereocenters. The number of Topliss-reactive ketones (excluding diaryl/α,β-unsaturated/α-hetero) is 1. The summed E-state index contributed by atoms with van der Waals surface area (Å²) in [7, 11) is 0. The predicted molar refractivity (Wildman–Crippen MR) is 106 cm³/mol. The van der Waals surface area contributed by atoms with E-state index in [0.717, 1.165) is 36.5 Å². The van der Waals surface area contributed by atoms with E-state index >= 15 is 0 Å². The van der Waals surface area contributed by atoms with E-state index in [-0.39, 0.29) is 5.78 Å². The van der Waals surface area contributed by atoms with E-state index in [9.17, 15) is 4.79 Å². The van der Waals surface area contributed by atoms with Crippen LogP contribution in [0.5, 0.6) is 0 Å². The van der Waals surface area contributed by atoms with Crippen LogP contribution in [0, 0.1) is 0 Å². The van der Waals surface area contributed by atoms with Gasteiger partial charge in [-0.25, -0.2) is 0 Å². The lowest BCUT2D eigenvalue weighted by Gasteiger charge is -2.16. The lowest BCUT2D eigenvalue weighted by atomic mass is 9.90. The van der Waals surface area contributed by atoms with Crippen LogP contribution in [0.15, 0.2) is 47.2 Å². The summed E-state index contributed by atoms with van der Waals surface area (Å²) >= 11 is 3.24. The van der Waals surface area contributed by atoms with Gasteiger partial charge in [0.1, 0.15) is 6.33 Å². The third kappa shape index (κ3) is 4.07. The second-order valence-corrected chi connectivity index (χ2v) is 8.51. The predicted octanol–water partition coefficient (Wildman–Crippen LogP) is 4.44. The molecule has 2 heterocycles. The van der Waals surface area contributed by atoms with Gasteiger partial charge in [-0.05, 0) is 60.7 Å². The standard InChI is InChI=1S/C20H21N3OS2/c24-19(17-8-7-15-4-1-2-5-16(15)12-17)13-26-20-22-21-14-23(20)10-9-18-6-3-11-25-18/h3,6-8,11-12,14H,1-2,4-5,9-10,13H2. The summed E-state index contributed by atoms with van der Waals surface area (Å²) in [6.45, 7) is 0.836. The molecule has 0 aliphatic heterocycles. The Kier molecular flexibility index (Phi) is 5.51. The Balaban J connectivity index is 1.37. The van der Waals surface area contributed by atoms with Crippen molar-refractivity contribution in [3.8, 4) is 0 Å². The molecule has 134 valence electrons. The maximum atomic E-state index is 12.6. The van der Waals surface area contributed by atoms with E-state index in [1.54, 1.807) is 17.7 Å². The van der Waals surface area contributed by atoms with Crippen LogP contribution in [0.1, 0.15) is 39.2 Å². The number of carbonyl (C=O) groups excluding carboxylic acids is 1. The van der Waals surface area contributed by atoms with Gasteiger partial charge in [0.25, 0.3) is 0 Å². The number of hydrogen-bond acceptors (Lipinski definition) is 5. The summed E-state index contributed by atoms with van der Waals surface area (Å²) in [5, 5.41) is 11.1. The smallest absolute Gasteiger partial charge is 0.191 e. The average Bonchev–Trinajstić information content (AvgIpc) is 3.35. The molecule has 2 aromatic heterocycles. The summed E-state index contributed by atoms with van der Waals surface area (Å²) in [5.41, 5.74) is 3.59. The van der Waals surface area contributed by atoms with Gasteiger partial charge in [-0.2, -0.15) is 0 Å². The molecule has 0 amide bonds. The highest BCUT2D eigenvalue weighted by Crippen LogP contribution is 2.24. The van der Waals surface area contributed by atoms with E-state index in [0.29, 0.717) is 5.75 Å². The van der Waals surface area contributed by atoms with Crippen LogP contribution in [0.3, 0.4) is 0 Å².